The molecule has 1 aromatic carbocycles. The normalized spacial score (nSPS) is 14.9. The van der Waals surface area contributed by atoms with Crippen molar-refractivity contribution in [2.24, 2.45) is 0 Å². The van der Waals surface area contributed by atoms with E-state index < -0.39 is 22.8 Å². The number of carboxylic acids is 2. The van der Waals surface area contributed by atoms with Crippen molar-refractivity contribution in [3.8, 4) is 0 Å². The molecule has 0 saturated carbocycles. The lowest BCUT2D eigenvalue weighted by Gasteiger charge is -2.27. The minimum absolute atomic E-state index is 0.0375. The number of nitro benzene ring substituents is 1. The van der Waals surface area contributed by atoms with E-state index in [-0.39, 0.29) is 22.4 Å². The molecular formula is C15H14N2O6. The third-order valence-electron chi connectivity index (χ3n) is 3.54. The van der Waals surface area contributed by atoms with Crippen LogP contribution in [0.5, 0.6) is 0 Å². The third-order valence-corrected chi connectivity index (χ3v) is 3.54. The smallest absolute Gasteiger partial charge is 0.334 e. The summed E-state index contributed by atoms with van der Waals surface area (Å²) < 4.78 is 0. The summed E-state index contributed by atoms with van der Waals surface area (Å²) >= 11 is 0. The van der Waals surface area contributed by atoms with Gasteiger partial charge in [-0.1, -0.05) is 18.2 Å². The molecule has 2 rings (SSSR count). The lowest BCUT2D eigenvalue weighted by Crippen LogP contribution is -2.27. The van der Waals surface area contributed by atoms with Gasteiger partial charge in [0, 0.05) is 30.6 Å². The number of hydrogen-bond acceptors (Lipinski definition) is 5. The standard InChI is InChI=1S/C15H14N2O6/c1-2-16-7-10(14(18)19)13(11(8-16)15(20)21)9-5-3-4-6-12(9)17(22)23/h3-8,13H,2H2,1H3,(H,18,19)(H,20,21). The highest BCUT2D eigenvalue weighted by Crippen LogP contribution is 2.39. The number of aliphatic carboxylic acids is 2. The Morgan fingerprint density at radius 3 is 2.13 bits per heavy atom. The van der Waals surface area contributed by atoms with Crippen LogP contribution in [0.25, 0.3) is 0 Å². The zero-order chi connectivity index (χ0) is 17.1. The molecule has 0 spiro atoms. The Bertz CT molecular complexity index is 705. The van der Waals surface area contributed by atoms with Gasteiger partial charge in [0.1, 0.15) is 0 Å². The van der Waals surface area contributed by atoms with Crippen LogP contribution in [0.2, 0.25) is 0 Å². The molecule has 1 aromatic rings. The van der Waals surface area contributed by atoms with Crippen LogP contribution in [-0.4, -0.2) is 38.5 Å². The average molecular weight is 318 g/mol. The summed E-state index contributed by atoms with van der Waals surface area (Å²) in [5.74, 6) is -3.86. The van der Waals surface area contributed by atoms with Crippen molar-refractivity contribution in [2.75, 3.05) is 6.54 Å². The molecule has 0 aliphatic carbocycles. The number of rotatable bonds is 5. The van der Waals surface area contributed by atoms with E-state index in [0.717, 1.165) is 0 Å². The molecule has 0 radical (unpaired) electrons. The number of benzene rings is 1. The molecule has 0 bridgehead atoms. The number of carboxylic acid groups (broad SMARTS) is 2. The Labute approximate surface area is 131 Å². The lowest BCUT2D eigenvalue weighted by atomic mass is 9.82. The van der Waals surface area contributed by atoms with Gasteiger partial charge in [0.2, 0.25) is 0 Å². The van der Waals surface area contributed by atoms with Crippen LogP contribution >= 0.6 is 0 Å². The van der Waals surface area contributed by atoms with Crippen molar-refractivity contribution < 1.29 is 24.7 Å². The van der Waals surface area contributed by atoms with E-state index in [2.05, 4.69) is 0 Å². The van der Waals surface area contributed by atoms with E-state index in [9.17, 15) is 29.9 Å². The molecule has 0 unspecified atom stereocenters. The summed E-state index contributed by atoms with van der Waals surface area (Å²) in [6.07, 6.45) is 2.60. The van der Waals surface area contributed by atoms with E-state index in [1.807, 2.05) is 0 Å². The topological polar surface area (TPSA) is 121 Å². The molecule has 0 aromatic heterocycles. The molecule has 1 aliphatic rings. The maximum atomic E-state index is 11.6. The molecule has 8 heteroatoms. The van der Waals surface area contributed by atoms with Crippen LogP contribution in [-0.2, 0) is 9.59 Å². The van der Waals surface area contributed by atoms with Crippen molar-refractivity contribution in [1.82, 2.24) is 4.90 Å². The predicted octanol–water partition coefficient (Wildman–Crippen LogP) is 1.95. The van der Waals surface area contributed by atoms with Gasteiger partial charge >= 0.3 is 11.9 Å². The van der Waals surface area contributed by atoms with Gasteiger partial charge in [-0.3, -0.25) is 10.1 Å². The zero-order valence-electron chi connectivity index (χ0n) is 12.2. The summed E-state index contributed by atoms with van der Waals surface area (Å²) in [5.41, 5.74) is -0.723. The van der Waals surface area contributed by atoms with E-state index in [1.165, 1.54) is 41.6 Å². The fourth-order valence-corrected chi connectivity index (χ4v) is 2.48. The molecular weight excluding hydrogens is 304 g/mol. The molecule has 2 N–H and O–H groups in total. The van der Waals surface area contributed by atoms with E-state index in [1.54, 1.807) is 6.92 Å². The maximum Gasteiger partial charge on any atom is 0.334 e. The molecule has 120 valence electrons. The van der Waals surface area contributed by atoms with Gasteiger partial charge in [-0.05, 0) is 6.92 Å². The quantitative estimate of drug-likeness (QED) is 0.628. The fraction of sp³-hybridized carbons (Fsp3) is 0.200. The van der Waals surface area contributed by atoms with Crippen LogP contribution in [0.4, 0.5) is 5.69 Å². The largest absolute Gasteiger partial charge is 0.478 e. The average Bonchev–Trinajstić information content (AvgIpc) is 2.53. The highest BCUT2D eigenvalue weighted by molar-refractivity contribution is 5.97. The first-order valence-corrected chi connectivity index (χ1v) is 6.75. The van der Waals surface area contributed by atoms with E-state index >= 15 is 0 Å². The van der Waals surface area contributed by atoms with Gasteiger partial charge in [0.25, 0.3) is 5.69 Å². The van der Waals surface area contributed by atoms with E-state index in [4.69, 9.17) is 0 Å². The predicted molar refractivity (Wildman–Crippen MR) is 79.7 cm³/mol. The van der Waals surface area contributed by atoms with Gasteiger partial charge < -0.3 is 15.1 Å². The van der Waals surface area contributed by atoms with Crippen LogP contribution in [0.15, 0.2) is 47.8 Å². The summed E-state index contributed by atoms with van der Waals surface area (Å²) in [4.78, 5) is 35.1. The summed E-state index contributed by atoms with van der Waals surface area (Å²) in [6.45, 7) is 2.11. The van der Waals surface area contributed by atoms with Gasteiger partial charge in [0.15, 0.2) is 0 Å². The van der Waals surface area contributed by atoms with Crippen molar-refractivity contribution >= 4 is 17.6 Å². The van der Waals surface area contributed by atoms with E-state index in [0.29, 0.717) is 6.54 Å². The van der Waals surface area contributed by atoms with Crippen molar-refractivity contribution in [1.29, 1.82) is 0 Å². The second kappa shape index (κ2) is 6.30. The first kappa shape index (κ1) is 16.2. The highest BCUT2D eigenvalue weighted by Gasteiger charge is 2.37. The van der Waals surface area contributed by atoms with Crippen LogP contribution < -0.4 is 0 Å². The number of para-hydroxylation sites is 1. The summed E-state index contributed by atoms with van der Waals surface area (Å²) in [5, 5.41) is 30.1. The maximum absolute atomic E-state index is 11.6. The number of hydrogen-bond donors (Lipinski definition) is 2. The van der Waals surface area contributed by atoms with Gasteiger partial charge in [-0.25, -0.2) is 9.59 Å². The van der Waals surface area contributed by atoms with Crippen LogP contribution in [0.1, 0.15) is 18.4 Å². The van der Waals surface area contributed by atoms with Crippen molar-refractivity contribution in [3.63, 3.8) is 0 Å². The first-order chi connectivity index (χ1) is 10.9. The number of nitro groups is 1. The second-order valence-electron chi connectivity index (χ2n) is 4.86. The SMILES string of the molecule is CCN1C=C(C(=O)O)C(c2ccccc2[N+](=O)[O-])C(C(=O)O)=C1. The molecule has 1 heterocycles. The molecule has 0 atom stereocenters. The Morgan fingerprint density at radius 2 is 1.70 bits per heavy atom. The van der Waals surface area contributed by atoms with Gasteiger partial charge in [0.05, 0.1) is 22.0 Å². The van der Waals surface area contributed by atoms with Crippen molar-refractivity contribution in [2.45, 2.75) is 12.8 Å². The summed E-state index contributed by atoms with van der Waals surface area (Å²) in [7, 11) is 0. The Morgan fingerprint density at radius 1 is 1.17 bits per heavy atom. The number of carbonyl (C=O) groups is 2. The van der Waals surface area contributed by atoms with Gasteiger partial charge in [-0.2, -0.15) is 0 Å². The minimum atomic E-state index is -1.32. The molecule has 0 saturated heterocycles. The lowest BCUT2D eigenvalue weighted by molar-refractivity contribution is -0.385. The molecule has 8 nitrogen and oxygen atoms in total. The molecule has 0 amide bonds. The summed E-state index contributed by atoms with van der Waals surface area (Å²) in [6, 6.07) is 5.54. The Kier molecular flexibility index (Phi) is 4.44. The fourth-order valence-electron chi connectivity index (χ4n) is 2.48. The Hall–Kier alpha value is -3.16. The van der Waals surface area contributed by atoms with Crippen LogP contribution in [0.3, 0.4) is 0 Å². The Balaban J connectivity index is 2.69. The monoisotopic (exact) mass is 318 g/mol. The molecule has 0 fully saturated rings. The van der Waals surface area contributed by atoms with Gasteiger partial charge in [-0.15, -0.1) is 0 Å². The molecule has 23 heavy (non-hydrogen) atoms. The minimum Gasteiger partial charge on any atom is -0.478 e. The molecule has 1 aliphatic heterocycles. The highest BCUT2D eigenvalue weighted by atomic mass is 16.6. The zero-order valence-corrected chi connectivity index (χ0v) is 12.2. The second-order valence-corrected chi connectivity index (χ2v) is 4.86. The van der Waals surface area contributed by atoms with Crippen LogP contribution in [0, 0.1) is 10.1 Å². The third kappa shape index (κ3) is 3.05. The first-order valence-electron chi connectivity index (χ1n) is 6.75. The van der Waals surface area contributed by atoms with Crippen molar-refractivity contribution in [3.05, 3.63) is 63.5 Å². The number of nitrogens with zero attached hydrogens (tertiary/aromatic N) is 2.